The number of aliphatic hydroxyl groups is 1. The van der Waals surface area contributed by atoms with Gasteiger partial charge in [0, 0.05) is 12.6 Å². The van der Waals surface area contributed by atoms with Gasteiger partial charge in [0.25, 0.3) is 11.5 Å². The third kappa shape index (κ3) is 3.51. The van der Waals surface area contributed by atoms with Crippen LogP contribution in [0.5, 0.6) is 0 Å². The zero-order chi connectivity index (χ0) is 15.4. The average molecular weight is 291 g/mol. The second-order valence-corrected chi connectivity index (χ2v) is 4.48. The summed E-state index contributed by atoms with van der Waals surface area (Å²) in [6.45, 7) is 1.58. The van der Waals surface area contributed by atoms with Crippen LogP contribution in [0, 0.1) is 5.82 Å². The summed E-state index contributed by atoms with van der Waals surface area (Å²) in [7, 11) is 0. The molecular formula is C14H14FN3O3. The SMILES string of the molecule is CC(O)CNC(=O)c1ccc(=O)n(-c2ccccc2F)n1. The Morgan fingerprint density at radius 1 is 1.38 bits per heavy atom. The first kappa shape index (κ1) is 14.9. The topological polar surface area (TPSA) is 84.2 Å². The lowest BCUT2D eigenvalue weighted by atomic mass is 10.3. The number of nitrogens with one attached hydrogen (secondary N) is 1. The van der Waals surface area contributed by atoms with E-state index in [1.165, 1.54) is 31.2 Å². The van der Waals surface area contributed by atoms with E-state index in [9.17, 15) is 14.0 Å². The van der Waals surface area contributed by atoms with Crippen molar-refractivity contribution in [2.75, 3.05) is 6.54 Å². The molecule has 2 rings (SSSR count). The van der Waals surface area contributed by atoms with Crippen molar-refractivity contribution in [2.45, 2.75) is 13.0 Å². The van der Waals surface area contributed by atoms with Crippen LogP contribution in [0.15, 0.2) is 41.2 Å². The van der Waals surface area contributed by atoms with E-state index in [1.54, 1.807) is 6.07 Å². The fourth-order valence-corrected chi connectivity index (χ4v) is 1.66. The molecular weight excluding hydrogens is 277 g/mol. The van der Waals surface area contributed by atoms with Gasteiger partial charge < -0.3 is 10.4 Å². The van der Waals surface area contributed by atoms with Gasteiger partial charge in [0.05, 0.1) is 6.10 Å². The third-order valence-electron chi connectivity index (χ3n) is 2.67. The van der Waals surface area contributed by atoms with Crippen LogP contribution in [0.2, 0.25) is 0 Å². The molecule has 0 aliphatic carbocycles. The fraction of sp³-hybridized carbons (Fsp3) is 0.214. The van der Waals surface area contributed by atoms with Crippen LogP contribution < -0.4 is 10.9 Å². The minimum absolute atomic E-state index is 0.0346. The van der Waals surface area contributed by atoms with Crippen LogP contribution in [-0.2, 0) is 0 Å². The van der Waals surface area contributed by atoms with E-state index >= 15 is 0 Å². The molecule has 0 spiro atoms. The second kappa shape index (κ2) is 6.27. The van der Waals surface area contributed by atoms with E-state index in [1.807, 2.05) is 0 Å². The summed E-state index contributed by atoms with van der Waals surface area (Å²) in [5.74, 6) is -1.17. The van der Waals surface area contributed by atoms with Gasteiger partial charge in [-0.25, -0.2) is 4.39 Å². The maximum Gasteiger partial charge on any atom is 0.271 e. The number of aromatic nitrogens is 2. The van der Waals surface area contributed by atoms with Gasteiger partial charge in [-0.2, -0.15) is 9.78 Å². The van der Waals surface area contributed by atoms with Gasteiger partial charge in [-0.05, 0) is 25.1 Å². The van der Waals surface area contributed by atoms with Crippen LogP contribution in [-0.4, -0.2) is 33.4 Å². The number of carbonyl (C=O) groups is 1. The number of amides is 1. The Hall–Kier alpha value is -2.54. The molecule has 2 aromatic rings. The first-order chi connectivity index (χ1) is 9.99. The average Bonchev–Trinajstić information content (AvgIpc) is 2.46. The number of rotatable bonds is 4. The molecule has 1 unspecified atom stereocenters. The monoisotopic (exact) mass is 291 g/mol. The maximum absolute atomic E-state index is 13.7. The lowest BCUT2D eigenvalue weighted by molar-refractivity contribution is 0.0917. The van der Waals surface area contributed by atoms with E-state index in [0.717, 1.165) is 10.7 Å². The summed E-state index contributed by atoms with van der Waals surface area (Å²) in [6.07, 6.45) is -0.702. The predicted molar refractivity (Wildman–Crippen MR) is 73.8 cm³/mol. The lowest BCUT2D eigenvalue weighted by Gasteiger charge is -2.09. The Morgan fingerprint density at radius 3 is 2.76 bits per heavy atom. The molecule has 1 atom stereocenters. The van der Waals surface area contributed by atoms with E-state index < -0.39 is 23.4 Å². The van der Waals surface area contributed by atoms with Gasteiger partial charge >= 0.3 is 0 Å². The summed E-state index contributed by atoms with van der Waals surface area (Å²) >= 11 is 0. The Kier molecular flexibility index (Phi) is 4.44. The largest absolute Gasteiger partial charge is 0.392 e. The van der Waals surface area contributed by atoms with Crippen molar-refractivity contribution >= 4 is 5.91 Å². The highest BCUT2D eigenvalue weighted by Crippen LogP contribution is 2.09. The van der Waals surface area contributed by atoms with Crippen molar-refractivity contribution in [1.29, 1.82) is 0 Å². The summed E-state index contributed by atoms with van der Waals surface area (Å²) < 4.78 is 14.5. The first-order valence-corrected chi connectivity index (χ1v) is 6.30. The Balaban J connectivity index is 2.36. The zero-order valence-electron chi connectivity index (χ0n) is 11.3. The molecule has 1 heterocycles. The Morgan fingerprint density at radius 2 is 2.10 bits per heavy atom. The molecule has 1 aromatic carbocycles. The molecule has 0 saturated carbocycles. The zero-order valence-corrected chi connectivity index (χ0v) is 11.3. The van der Waals surface area contributed by atoms with Gasteiger partial charge in [-0.15, -0.1) is 0 Å². The maximum atomic E-state index is 13.7. The summed E-state index contributed by atoms with van der Waals surface area (Å²) in [5.41, 5.74) is -0.627. The second-order valence-electron chi connectivity index (χ2n) is 4.48. The van der Waals surface area contributed by atoms with E-state index in [-0.39, 0.29) is 17.9 Å². The van der Waals surface area contributed by atoms with E-state index in [2.05, 4.69) is 10.4 Å². The highest BCUT2D eigenvalue weighted by Gasteiger charge is 2.12. The van der Waals surface area contributed by atoms with Gasteiger partial charge in [0.2, 0.25) is 0 Å². The Labute approximate surface area is 119 Å². The highest BCUT2D eigenvalue weighted by molar-refractivity contribution is 5.92. The molecule has 1 amide bonds. The van der Waals surface area contributed by atoms with Gasteiger partial charge in [0.1, 0.15) is 17.2 Å². The number of aliphatic hydroxyl groups excluding tert-OH is 1. The molecule has 6 nitrogen and oxygen atoms in total. The summed E-state index contributed by atoms with van der Waals surface area (Å²) in [6, 6.07) is 8.02. The number of hydrogen-bond acceptors (Lipinski definition) is 4. The lowest BCUT2D eigenvalue weighted by Crippen LogP contribution is -2.33. The molecule has 21 heavy (non-hydrogen) atoms. The molecule has 7 heteroatoms. The molecule has 0 bridgehead atoms. The van der Waals surface area contributed by atoms with E-state index in [0.29, 0.717) is 0 Å². The van der Waals surface area contributed by atoms with Crippen LogP contribution in [0.25, 0.3) is 5.69 Å². The van der Waals surface area contributed by atoms with Gasteiger partial charge in [-0.1, -0.05) is 12.1 Å². The van der Waals surface area contributed by atoms with Crippen molar-refractivity contribution in [2.24, 2.45) is 0 Å². The van der Waals surface area contributed by atoms with Crippen molar-refractivity contribution < 1.29 is 14.3 Å². The summed E-state index contributed by atoms with van der Waals surface area (Å²) in [5, 5.41) is 15.4. The molecule has 0 saturated heterocycles. The van der Waals surface area contributed by atoms with Crippen LogP contribution in [0.3, 0.4) is 0 Å². The molecule has 0 radical (unpaired) electrons. The van der Waals surface area contributed by atoms with Gasteiger partial charge in [0.15, 0.2) is 0 Å². The highest BCUT2D eigenvalue weighted by atomic mass is 19.1. The molecule has 0 fully saturated rings. The number of nitrogens with zero attached hydrogens (tertiary/aromatic N) is 2. The predicted octanol–water partition coefficient (Wildman–Crippen LogP) is 0.482. The molecule has 2 N–H and O–H groups in total. The minimum atomic E-state index is -0.702. The number of para-hydroxylation sites is 1. The molecule has 1 aromatic heterocycles. The smallest absolute Gasteiger partial charge is 0.271 e. The van der Waals surface area contributed by atoms with Crippen LogP contribution in [0.4, 0.5) is 4.39 Å². The van der Waals surface area contributed by atoms with Crippen molar-refractivity contribution in [1.82, 2.24) is 15.1 Å². The van der Waals surface area contributed by atoms with Gasteiger partial charge in [-0.3, -0.25) is 9.59 Å². The Bertz CT molecular complexity index is 713. The number of carbonyl (C=O) groups excluding carboxylic acids is 1. The number of hydrogen-bond donors (Lipinski definition) is 2. The first-order valence-electron chi connectivity index (χ1n) is 6.30. The third-order valence-corrected chi connectivity index (χ3v) is 2.67. The quantitative estimate of drug-likeness (QED) is 0.858. The van der Waals surface area contributed by atoms with Crippen molar-refractivity contribution in [3.63, 3.8) is 0 Å². The van der Waals surface area contributed by atoms with E-state index in [4.69, 9.17) is 5.11 Å². The van der Waals surface area contributed by atoms with Crippen LogP contribution in [0.1, 0.15) is 17.4 Å². The molecule has 0 aliphatic heterocycles. The number of benzene rings is 1. The molecule has 0 aliphatic rings. The minimum Gasteiger partial charge on any atom is -0.392 e. The van der Waals surface area contributed by atoms with Crippen molar-refractivity contribution in [3.05, 3.63) is 58.3 Å². The standard InChI is InChI=1S/C14H14FN3O3/c1-9(19)8-16-14(21)11-6-7-13(20)18(17-11)12-5-3-2-4-10(12)15/h2-7,9,19H,8H2,1H3,(H,16,21). The van der Waals surface area contributed by atoms with Crippen molar-refractivity contribution in [3.8, 4) is 5.69 Å². The fourth-order valence-electron chi connectivity index (χ4n) is 1.66. The summed E-state index contributed by atoms with van der Waals surface area (Å²) in [4.78, 5) is 23.6. The van der Waals surface area contributed by atoms with Crippen LogP contribution >= 0.6 is 0 Å². The molecule has 110 valence electrons. The number of halogens is 1. The normalized spacial score (nSPS) is 12.0.